The second kappa shape index (κ2) is 3.70. The highest BCUT2D eigenvalue weighted by molar-refractivity contribution is 5.64. The van der Waals surface area contributed by atoms with Gasteiger partial charge in [-0.05, 0) is 49.4 Å². The second-order valence-corrected chi connectivity index (χ2v) is 4.04. The van der Waals surface area contributed by atoms with Gasteiger partial charge in [0.15, 0.2) is 0 Å². The number of benzene rings is 1. The number of hydrogen-bond acceptors (Lipinski definition) is 1. The van der Waals surface area contributed by atoms with E-state index in [0.717, 1.165) is 22.5 Å². The van der Waals surface area contributed by atoms with Gasteiger partial charge in [0.05, 0.1) is 16.9 Å². The predicted molar refractivity (Wildman–Crippen MR) is 65.3 cm³/mol. The first-order chi connectivity index (χ1) is 8.24. The van der Waals surface area contributed by atoms with Gasteiger partial charge in [0.25, 0.3) is 0 Å². The summed E-state index contributed by atoms with van der Waals surface area (Å²) < 4.78 is 14.8. The largest absolute Gasteiger partial charge is 0.233 e. The van der Waals surface area contributed by atoms with E-state index in [1.807, 2.05) is 35.7 Å². The molecule has 0 aliphatic heterocycles. The summed E-state index contributed by atoms with van der Waals surface area (Å²) in [6.07, 6.45) is 0. The normalized spacial score (nSPS) is 10.9. The third-order valence-electron chi connectivity index (χ3n) is 2.75. The summed E-state index contributed by atoms with van der Waals surface area (Å²) in [5.74, 6) is -0.224. The van der Waals surface area contributed by atoms with Crippen LogP contribution in [0.4, 0.5) is 4.39 Å². The van der Waals surface area contributed by atoms with Crippen molar-refractivity contribution in [1.29, 1.82) is 0 Å². The maximum absolute atomic E-state index is 12.9. The average molecular weight is 226 g/mol. The molecule has 0 N–H and O–H groups in total. The molecule has 0 unspecified atom stereocenters. The van der Waals surface area contributed by atoms with Crippen molar-refractivity contribution >= 4 is 5.52 Å². The molecule has 0 saturated carbocycles. The molecule has 0 saturated heterocycles. The van der Waals surface area contributed by atoms with E-state index in [-0.39, 0.29) is 5.82 Å². The van der Waals surface area contributed by atoms with Crippen LogP contribution < -0.4 is 0 Å². The average Bonchev–Trinajstić information content (AvgIpc) is 2.70. The quantitative estimate of drug-likeness (QED) is 0.621. The number of rotatable bonds is 1. The number of hydrogen-bond donors (Lipinski definition) is 0. The van der Waals surface area contributed by atoms with E-state index in [2.05, 4.69) is 5.10 Å². The van der Waals surface area contributed by atoms with Crippen LogP contribution in [0, 0.1) is 12.7 Å². The fourth-order valence-electron chi connectivity index (χ4n) is 1.98. The number of aryl methyl sites for hydroxylation is 1. The Morgan fingerprint density at radius 2 is 1.82 bits per heavy atom. The zero-order valence-corrected chi connectivity index (χ0v) is 9.39. The van der Waals surface area contributed by atoms with Gasteiger partial charge in [0, 0.05) is 5.56 Å². The lowest BCUT2D eigenvalue weighted by Crippen LogP contribution is -1.93. The van der Waals surface area contributed by atoms with Crippen molar-refractivity contribution < 1.29 is 4.39 Å². The first-order valence-electron chi connectivity index (χ1n) is 5.45. The molecule has 0 spiro atoms. The van der Waals surface area contributed by atoms with E-state index >= 15 is 0 Å². The maximum Gasteiger partial charge on any atom is 0.123 e. The summed E-state index contributed by atoms with van der Waals surface area (Å²) >= 11 is 0. The Morgan fingerprint density at radius 3 is 2.59 bits per heavy atom. The summed E-state index contributed by atoms with van der Waals surface area (Å²) in [5, 5.41) is 4.43. The molecule has 0 radical (unpaired) electrons. The lowest BCUT2D eigenvalue weighted by atomic mass is 10.1. The maximum atomic E-state index is 12.9. The van der Waals surface area contributed by atoms with Gasteiger partial charge in [0.1, 0.15) is 5.82 Å². The van der Waals surface area contributed by atoms with Crippen LogP contribution in [0.25, 0.3) is 16.8 Å². The summed E-state index contributed by atoms with van der Waals surface area (Å²) in [6.45, 7) is 1.96. The molecular weight excluding hydrogens is 215 g/mol. The van der Waals surface area contributed by atoms with Crippen molar-refractivity contribution in [3.63, 3.8) is 0 Å². The van der Waals surface area contributed by atoms with Crippen molar-refractivity contribution in [3.05, 3.63) is 60.0 Å². The zero-order valence-electron chi connectivity index (χ0n) is 9.39. The molecule has 0 aliphatic rings. The first-order valence-corrected chi connectivity index (χ1v) is 5.45. The lowest BCUT2D eigenvalue weighted by Gasteiger charge is -2.04. The molecule has 1 aromatic carbocycles. The summed E-state index contributed by atoms with van der Waals surface area (Å²) in [6, 6.07) is 14.4. The Hall–Kier alpha value is -2.16. The van der Waals surface area contributed by atoms with Gasteiger partial charge in [0.2, 0.25) is 0 Å². The minimum Gasteiger partial charge on any atom is -0.233 e. The lowest BCUT2D eigenvalue weighted by molar-refractivity contribution is 0.628. The molecule has 84 valence electrons. The third-order valence-corrected chi connectivity index (χ3v) is 2.75. The Kier molecular flexibility index (Phi) is 2.18. The molecule has 0 aliphatic carbocycles. The highest BCUT2D eigenvalue weighted by atomic mass is 19.1. The van der Waals surface area contributed by atoms with E-state index in [9.17, 15) is 4.39 Å². The molecule has 0 amide bonds. The van der Waals surface area contributed by atoms with Crippen molar-refractivity contribution in [2.24, 2.45) is 0 Å². The highest BCUT2D eigenvalue weighted by Gasteiger charge is 2.05. The minimum atomic E-state index is -0.224. The van der Waals surface area contributed by atoms with Crippen LogP contribution in [-0.2, 0) is 0 Å². The van der Waals surface area contributed by atoms with E-state index in [1.165, 1.54) is 12.1 Å². The number of pyridine rings is 1. The number of nitrogens with zero attached hydrogens (tertiary/aromatic N) is 2. The van der Waals surface area contributed by atoms with E-state index < -0.39 is 0 Å². The molecule has 3 aromatic rings. The van der Waals surface area contributed by atoms with Crippen molar-refractivity contribution in [2.45, 2.75) is 6.92 Å². The Bertz CT molecular complexity index is 668. The Labute approximate surface area is 98.3 Å². The SMILES string of the molecule is Cc1cc2cccc(-c3ccc(F)cc3)n2n1. The molecule has 2 nitrogen and oxygen atoms in total. The molecule has 0 bridgehead atoms. The molecule has 17 heavy (non-hydrogen) atoms. The van der Waals surface area contributed by atoms with E-state index in [0.29, 0.717) is 0 Å². The molecule has 0 atom stereocenters. The second-order valence-electron chi connectivity index (χ2n) is 4.04. The molecule has 3 heteroatoms. The van der Waals surface area contributed by atoms with Crippen LogP contribution in [0.1, 0.15) is 5.69 Å². The molecule has 3 rings (SSSR count). The fourth-order valence-corrected chi connectivity index (χ4v) is 1.98. The number of halogens is 1. The minimum absolute atomic E-state index is 0.224. The van der Waals surface area contributed by atoms with E-state index in [4.69, 9.17) is 0 Å². The van der Waals surface area contributed by atoms with Crippen LogP contribution in [0.5, 0.6) is 0 Å². The van der Waals surface area contributed by atoms with Crippen molar-refractivity contribution in [3.8, 4) is 11.3 Å². The molecule has 2 aromatic heterocycles. The number of fused-ring (bicyclic) bond motifs is 1. The molecular formula is C14H11FN2. The molecule has 0 fully saturated rings. The van der Waals surface area contributed by atoms with Gasteiger partial charge in [-0.15, -0.1) is 0 Å². The van der Waals surface area contributed by atoms with Crippen LogP contribution in [0.15, 0.2) is 48.5 Å². The molecule has 2 heterocycles. The topological polar surface area (TPSA) is 17.3 Å². The standard InChI is InChI=1S/C14H11FN2/c1-10-9-13-3-2-4-14(17(13)16-10)11-5-7-12(15)8-6-11/h2-9H,1H3. The summed E-state index contributed by atoms with van der Waals surface area (Å²) in [4.78, 5) is 0. The zero-order chi connectivity index (χ0) is 11.8. The smallest absolute Gasteiger partial charge is 0.123 e. The monoisotopic (exact) mass is 226 g/mol. The van der Waals surface area contributed by atoms with Crippen molar-refractivity contribution in [1.82, 2.24) is 9.61 Å². The van der Waals surface area contributed by atoms with Gasteiger partial charge in [-0.2, -0.15) is 5.10 Å². The Balaban J connectivity index is 2.26. The fraction of sp³-hybridized carbons (Fsp3) is 0.0714. The van der Waals surface area contributed by atoms with E-state index in [1.54, 1.807) is 12.1 Å². The van der Waals surface area contributed by atoms with Gasteiger partial charge < -0.3 is 0 Å². The number of aromatic nitrogens is 2. The van der Waals surface area contributed by atoms with Crippen LogP contribution in [0.2, 0.25) is 0 Å². The van der Waals surface area contributed by atoms with Gasteiger partial charge in [-0.25, -0.2) is 8.91 Å². The van der Waals surface area contributed by atoms with Crippen LogP contribution >= 0.6 is 0 Å². The van der Waals surface area contributed by atoms with Gasteiger partial charge in [-0.1, -0.05) is 6.07 Å². The summed E-state index contributed by atoms with van der Waals surface area (Å²) in [5.41, 5.74) is 3.94. The van der Waals surface area contributed by atoms with Gasteiger partial charge >= 0.3 is 0 Å². The van der Waals surface area contributed by atoms with Gasteiger partial charge in [-0.3, -0.25) is 0 Å². The summed E-state index contributed by atoms with van der Waals surface area (Å²) in [7, 11) is 0. The Morgan fingerprint density at radius 1 is 1.06 bits per heavy atom. The first kappa shape index (κ1) is 10.0. The third kappa shape index (κ3) is 1.69. The van der Waals surface area contributed by atoms with Crippen molar-refractivity contribution in [2.75, 3.05) is 0 Å². The van der Waals surface area contributed by atoms with Crippen LogP contribution in [-0.4, -0.2) is 9.61 Å². The highest BCUT2D eigenvalue weighted by Crippen LogP contribution is 2.21. The van der Waals surface area contributed by atoms with Crippen LogP contribution in [0.3, 0.4) is 0 Å². The predicted octanol–water partition coefficient (Wildman–Crippen LogP) is 3.45.